The lowest BCUT2D eigenvalue weighted by atomic mass is 10.1. The minimum Gasteiger partial charge on any atom is -0.316 e. The van der Waals surface area contributed by atoms with Gasteiger partial charge in [-0.1, -0.05) is 24.3 Å². The highest BCUT2D eigenvalue weighted by atomic mass is 32.1. The van der Waals surface area contributed by atoms with Gasteiger partial charge in [-0.3, -0.25) is 0 Å². The van der Waals surface area contributed by atoms with E-state index >= 15 is 0 Å². The van der Waals surface area contributed by atoms with Gasteiger partial charge in [0.1, 0.15) is 5.01 Å². The second-order valence-corrected chi connectivity index (χ2v) is 6.00. The third-order valence-corrected chi connectivity index (χ3v) is 4.99. The monoisotopic (exact) mass is 258 g/mol. The number of nitrogens with one attached hydrogen (secondary N) is 1. The van der Waals surface area contributed by atoms with Gasteiger partial charge in [-0.05, 0) is 32.4 Å². The van der Waals surface area contributed by atoms with E-state index in [1.165, 1.54) is 33.1 Å². The van der Waals surface area contributed by atoms with Crippen molar-refractivity contribution in [2.75, 3.05) is 13.1 Å². The lowest BCUT2D eigenvalue weighted by Gasteiger charge is -2.04. The zero-order chi connectivity index (χ0) is 12.5. The van der Waals surface area contributed by atoms with Crippen LogP contribution in [0.3, 0.4) is 0 Å². The molecule has 0 saturated carbocycles. The van der Waals surface area contributed by atoms with Crippen molar-refractivity contribution in [3.05, 3.63) is 40.4 Å². The zero-order valence-corrected chi connectivity index (χ0v) is 11.7. The first-order chi connectivity index (χ1) is 8.75. The third kappa shape index (κ3) is 2.08. The molecule has 94 valence electrons. The fraction of sp³-hybridized carbons (Fsp3) is 0.400. The average molecular weight is 258 g/mol. The molecule has 1 aliphatic rings. The molecule has 1 atom stereocenters. The van der Waals surface area contributed by atoms with Crippen LogP contribution in [0.2, 0.25) is 0 Å². The van der Waals surface area contributed by atoms with Crippen LogP contribution < -0.4 is 5.32 Å². The summed E-state index contributed by atoms with van der Waals surface area (Å²) < 4.78 is 0. The first-order valence-electron chi connectivity index (χ1n) is 6.50. The van der Waals surface area contributed by atoms with E-state index in [1.807, 2.05) is 11.3 Å². The fourth-order valence-corrected chi connectivity index (χ4v) is 3.88. The molecule has 0 radical (unpaired) electrons. The van der Waals surface area contributed by atoms with Gasteiger partial charge in [0, 0.05) is 22.9 Å². The van der Waals surface area contributed by atoms with Crippen molar-refractivity contribution < 1.29 is 0 Å². The van der Waals surface area contributed by atoms with Gasteiger partial charge in [-0.2, -0.15) is 0 Å². The van der Waals surface area contributed by atoms with Gasteiger partial charge in [-0.15, -0.1) is 11.3 Å². The van der Waals surface area contributed by atoms with Crippen LogP contribution in [0.1, 0.15) is 28.5 Å². The Kier molecular flexibility index (Phi) is 3.18. The number of benzene rings is 1. The molecule has 0 aliphatic carbocycles. The SMILES string of the molecule is Cc1ccccc1-c1nc(C)c(C2CCNC2)s1. The van der Waals surface area contributed by atoms with E-state index in [9.17, 15) is 0 Å². The maximum atomic E-state index is 4.78. The van der Waals surface area contributed by atoms with Crippen LogP contribution in [0.5, 0.6) is 0 Å². The van der Waals surface area contributed by atoms with Crippen molar-refractivity contribution in [2.45, 2.75) is 26.2 Å². The molecule has 1 N–H and O–H groups in total. The van der Waals surface area contributed by atoms with E-state index < -0.39 is 0 Å². The van der Waals surface area contributed by atoms with Crippen LogP contribution >= 0.6 is 11.3 Å². The van der Waals surface area contributed by atoms with Crippen LogP contribution in [0, 0.1) is 13.8 Å². The van der Waals surface area contributed by atoms with Gasteiger partial charge in [0.05, 0.1) is 5.69 Å². The van der Waals surface area contributed by atoms with E-state index in [1.54, 1.807) is 0 Å². The van der Waals surface area contributed by atoms with Crippen LogP contribution in [0.25, 0.3) is 10.6 Å². The Labute approximate surface area is 112 Å². The molecule has 1 unspecified atom stereocenters. The first kappa shape index (κ1) is 11.9. The Morgan fingerprint density at radius 1 is 1.28 bits per heavy atom. The van der Waals surface area contributed by atoms with Crippen molar-refractivity contribution in [3.63, 3.8) is 0 Å². The maximum absolute atomic E-state index is 4.78. The van der Waals surface area contributed by atoms with Gasteiger partial charge in [0.15, 0.2) is 0 Å². The second-order valence-electron chi connectivity index (χ2n) is 4.97. The zero-order valence-electron chi connectivity index (χ0n) is 10.9. The van der Waals surface area contributed by atoms with E-state index in [4.69, 9.17) is 4.98 Å². The van der Waals surface area contributed by atoms with Gasteiger partial charge < -0.3 is 5.32 Å². The molecule has 0 amide bonds. The number of hydrogen-bond acceptors (Lipinski definition) is 3. The molecule has 1 aromatic heterocycles. The van der Waals surface area contributed by atoms with Gasteiger partial charge in [0.2, 0.25) is 0 Å². The van der Waals surface area contributed by atoms with E-state index in [-0.39, 0.29) is 0 Å². The third-order valence-electron chi connectivity index (χ3n) is 3.64. The standard InChI is InChI=1S/C15H18N2S/c1-10-5-3-4-6-13(10)15-17-11(2)14(18-15)12-7-8-16-9-12/h3-6,12,16H,7-9H2,1-2H3. The summed E-state index contributed by atoms with van der Waals surface area (Å²) in [4.78, 5) is 6.25. The number of aromatic nitrogens is 1. The molecule has 1 fully saturated rings. The Bertz CT molecular complexity index is 553. The van der Waals surface area contributed by atoms with Crippen LogP contribution in [0.15, 0.2) is 24.3 Å². The lowest BCUT2D eigenvalue weighted by Crippen LogP contribution is -2.07. The molecule has 3 heteroatoms. The van der Waals surface area contributed by atoms with Crippen molar-refractivity contribution in [1.82, 2.24) is 10.3 Å². The van der Waals surface area contributed by atoms with Crippen molar-refractivity contribution in [1.29, 1.82) is 0 Å². The van der Waals surface area contributed by atoms with Gasteiger partial charge in [-0.25, -0.2) is 4.98 Å². The normalized spacial score (nSPS) is 19.3. The Morgan fingerprint density at radius 3 is 2.83 bits per heavy atom. The van der Waals surface area contributed by atoms with Crippen LogP contribution in [0.4, 0.5) is 0 Å². The van der Waals surface area contributed by atoms with E-state index in [2.05, 4.69) is 43.4 Å². The number of hydrogen-bond donors (Lipinski definition) is 1. The van der Waals surface area contributed by atoms with Crippen molar-refractivity contribution >= 4 is 11.3 Å². The lowest BCUT2D eigenvalue weighted by molar-refractivity contribution is 0.770. The number of rotatable bonds is 2. The molecule has 0 bridgehead atoms. The topological polar surface area (TPSA) is 24.9 Å². The molecule has 0 spiro atoms. The highest BCUT2D eigenvalue weighted by molar-refractivity contribution is 7.15. The molecular weight excluding hydrogens is 240 g/mol. The summed E-state index contributed by atoms with van der Waals surface area (Å²) in [6, 6.07) is 8.50. The van der Waals surface area contributed by atoms with Crippen LogP contribution in [-0.2, 0) is 0 Å². The number of nitrogens with zero attached hydrogens (tertiary/aromatic N) is 1. The summed E-state index contributed by atoms with van der Waals surface area (Å²) in [5, 5.41) is 4.61. The molecule has 2 aromatic rings. The summed E-state index contributed by atoms with van der Waals surface area (Å²) in [5.41, 5.74) is 3.80. The number of thiazole rings is 1. The first-order valence-corrected chi connectivity index (χ1v) is 7.31. The molecular formula is C15H18N2S. The Balaban J connectivity index is 1.99. The van der Waals surface area contributed by atoms with Crippen molar-refractivity contribution in [2.24, 2.45) is 0 Å². The summed E-state index contributed by atoms with van der Waals surface area (Å²) >= 11 is 1.87. The summed E-state index contributed by atoms with van der Waals surface area (Å²) in [5.74, 6) is 0.667. The summed E-state index contributed by atoms with van der Waals surface area (Å²) in [6.45, 7) is 6.55. The molecule has 18 heavy (non-hydrogen) atoms. The minimum atomic E-state index is 0.667. The van der Waals surface area contributed by atoms with Gasteiger partial charge in [0.25, 0.3) is 0 Å². The second kappa shape index (κ2) is 4.82. The molecule has 3 rings (SSSR count). The predicted octanol–water partition coefficient (Wildman–Crippen LogP) is 3.50. The molecule has 2 nitrogen and oxygen atoms in total. The summed E-state index contributed by atoms with van der Waals surface area (Å²) in [7, 11) is 0. The average Bonchev–Trinajstić information content (AvgIpc) is 2.98. The molecule has 1 aliphatic heterocycles. The minimum absolute atomic E-state index is 0.667. The quantitative estimate of drug-likeness (QED) is 0.891. The Hall–Kier alpha value is -1.19. The molecule has 2 heterocycles. The smallest absolute Gasteiger partial charge is 0.124 e. The van der Waals surface area contributed by atoms with E-state index in [0.717, 1.165) is 13.1 Å². The maximum Gasteiger partial charge on any atom is 0.124 e. The van der Waals surface area contributed by atoms with Crippen LogP contribution in [-0.4, -0.2) is 18.1 Å². The molecule has 1 aromatic carbocycles. The number of aryl methyl sites for hydroxylation is 2. The molecule has 1 saturated heterocycles. The summed E-state index contributed by atoms with van der Waals surface area (Å²) in [6.07, 6.45) is 1.25. The largest absolute Gasteiger partial charge is 0.316 e. The highest BCUT2D eigenvalue weighted by Gasteiger charge is 2.22. The van der Waals surface area contributed by atoms with E-state index in [0.29, 0.717) is 5.92 Å². The Morgan fingerprint density at radius 2 is 2.11 bits per heavy atom. The fourth-order valence-electron chi connectivity index (χ4n) is 2.59. The van der Waals surface area contributed by atoms with Gasteiger partial charge >= 0.3 is 0 Å². The highest BCUT2D eigenvalue weighted by Crippen LogP contribution is 2.36. The van der Waals surface area contributed by atoms with Crippen molar-refractivity contribution in [3.8, 4) is 10.6 Å². The predicted molar refractivity (Wildman–Crippen MR) is 77.3 cm³/mol.